The Balaban J connectivity index is 3.49. The van der Waals surface area contributed by atoms with Crippen molar-refractivity contribution >= 4 is 29.2 Å². The van der Waals surface area contributed by atoms with Crippen LogP contribution in [-0.2, 0) is 0 Å². The summed E-state index contributed by atoms with van der Waals surface area (Å²) in [5.74, 6) is 0. The molecule has 60 valence electrons. The van der Waals surface area contributed by atoms with E-state index in [0.717, 1.165) is 6.54 Å². The van der Waals surface area contributed by atoms with E-state index in [4.69, 9.17) is 5.11 Å². The predicted molar refractivity (Wildman–Crippen MR) is 49.1 cm³/mol. The molecule has 0 unspecified atom stereocenters. The number of aliphatic hydroxyl groups excluding tert-OH is 1. The van der Waals surface area contributed by atoms with E-state index in [1.807, 2.05) is 6.92 Å². The highest BCUT2D eigenvalue weighted by Gasteiger charge is 1.98. The Kier molecular flexibility index (Phi) is 6.00. The topological polar surface area (TPSA) is 35.5 Å². The number of hydrogen-bond acceptors (Lipinski definition) is 3. The van der Waals surface area contributed by atoms with Crippen LogP contribution < -0.4 is 5.43 Å². The molecule has 0 rings (SSSR count). The average molecular weight is 180 g/mol. The first-order chi connectivity index (χ1) is 4.70. The van der Waals surface area contributed by atoms with Crippen LogP contribution >= 0.6 is 24.8 Å². The molecule has 0 saturated carbocycles. The number of hydrazine groups is 1. The summed E-state index contributed by atoms with van der Waals surface area (Å²) in [6.07, 6.45) is 0. The minimum Gasteiger partial charge on any atom is -0.395 e. The van der Waals surface area contributed by atoms with E-state index in [1.54, 1.807) is 5.01 Å². The zero-order valence-electron chi connectivity index (χ0n) is 5.87. The fourth-order valence-corrected chi connectivity index (χ4v) is 0.820. The van der Waals surface area contributed by atoms with Crippen molar-refractivity contribution in [3.05, 3.63) is 0 Å². The van der Waals surface area contributed by atoms with Crippen LogP contribution in [0.25, 0.3) is 0 Å². The molecule has 0 radical (unpaired) electrons. The minimum absolute atomic E-state index is 0.122. The van der Waals surface area contributed by atoms with Crippen molar-refractivity contribution in [2.24, 2.45) is 0 Å². The fourth-order valence-electron chi connectivity index (χ4n) is 0.549. The predicted octanol–water partition coefficient (Wildman–Crippen LogP) is 0.0199. The van der Waals surface area contributed by atoms with Gasteiger partial charge in [-0.1, -0.05) is 19.1 Å². The lowest BCUT2D eigenvalue weighted by Gasteiger charge is -2.19. The number of hydrogen-bond donors (Lipinski definition) is 3. The molecule has 2 N–H and O–H groups in total. The van der Waals surface area contributed by atoms with Crippen LogP contribution in [0.2, 0.25) is 0 Å². The van der Waals surface area contributed by atoms with Crippen LogP contribution in [-0.4, -0.2) is 34.1 Å². The van der Waals surface area contributed by atoms with Gasteiger partial charge < -0.3 is 10.5 Å². The number of nitrogens with one attached hydrogen (secondary N) is 1. The highest BCUT2D eigenvalue weighted by molar-refractivity contribution is 8.11. The second kappa shape index (κ2) is 5.91. The normalized spacial score (nSPS) is 10.0. The van der Waals surface area contributed by atoms with E-state index in [9.17, 15) is 0 Å². The van der Waals surface area contributed by atoms with Gasteiger partial charge in [0.2, 0.25) is 0 Å². The van der Waals surface area contributed by atoms with Crippen LogP contribution in [0.1, 0.15) is 6.92 Å². The Morgan fingerprint density at radius 3 is 2.70 bits per heavy atom. The quantitative estimate of drug-likeness (QED) is 0.324. The number of aliphatic hydroxyl groups is 1. The summed E-state index contributed by atoms with van der Waals surface area (Å²) >= 11 is 8.56. The van der Waals surface area contributed by atoms with Crippen molar-refractivity contribution in [2.45, 2.75) is 6.92 Å². The van der Waals surface area contributed by atoms with E-state index in [1.165, 1.54) is 0 Å². The van der Waals surface area contributed by atoms with Gasteiger partial charge in [-0.25, -0.2) is 5.01 Å². The summed E-state index contributed by atoms with van der Waals surface area (Å²) in [7, 11) is 0. The first-order valence-electron chi connectivity index (χ1n) is 3.06. The van der Waals surface area contributed by atoms with Crippen molar-refractivity contribution in [3.8, 4) is 0 Å². The van der Waals surface area contributed by atoms with E-state index in [0.29, 0.717) is 10.9 Å². The summed E-state index contributed by atoms with van der Waals surface area (Å²) in [4.78, 5) is 0. The number of rotatable bonds is 4. The third kappa shape index (κ3) is 4.99. The zero-order valence-corrected chi connectivity index (χ0v) is 7.58. The lowest BCUT2D eigenvalue weighted by Crippen LogP contribution is -2.41. The van der Waals surface area contributed by atoms with Crippen molar-refractivity contribution < 1.29 is 5.11 Å². The van der Waals surface area contributed by atoms with Crippen molar-refractivity contribution in [1.82, 2.24) is 10.4 Å². The highest BCUT2D eigenvalue weighted by atomic mass is 32.1. The number of likely N-dealkylation sites (N-methyl/N-ethyl adjacent to an activating group) is 1. The van der Waals surface area contributed by atoms with Crippen LogP contribution in [0.4, 0.5) is 0 Å². The van der Waals surface area contributed by atoms with Gasteiger partial charge in [-0.2, -0.15) is 0 Å². The molecule has 3 nitrogen and oxygen atoms in total. The second-order valence-electron chi connectivity index (χ2n) is 1.72. The molecule has 0 amide bonds. The number of thiocarbonyl (C=S) groups is 1. The molecule has 0 aromatic rings. The first-order valence-corrected chi connectivity index (χ1v) is 3.91. The van der Waals surface area contributed by atoms with E-state index < -0.39 is 0 Å². The number of nitrogens with zero attached hydrogens (tertiary/aromatic N) is 1. The monoisotopic (exact) mass is 180 g/mol. The SMILES string of the molecule is CCN(CCO)NC(=S)S. The molecule has 0 atom stereocenters. The minimum atomic E-state index is 0.122. The maximum Gasteiger partial charge on any atom is 0.145 e. The fraction of sp³-hybridized carbons (Fsp3) is 0.800. The van der Waals surface area contributed by atoms with E-state index >= 15 is 0 Å². The molecule has 0 heterocycles. The van der Waals surface area contributed by atoms with Crippen LogP contribution in [0.3, 0.4) is 0 Å². The summed E-state index contributed by atoms with van der Waals surface area (Å²) in [5, 5.41) is 10.3. The lowest BCUT2D eigenvalue weighted by atomic mass is 10.6. The molecule has 0 aromatic heterocycles. The van der Waals surface area contributed by atoms with Gasteiger partial charge in [0.25, 0.3) is 0 Å². The summed E-state index contributed by atoms with van der Waals surface area (Å²) < 4.78 is 0.426. The molecule has 5 heteroatoms. The van der Waals surface area contributed by atoms with Gasteiger partial charge in [-0.15, -0.1) is 12.6 Å². The molecule has 0 spiro atoms. The molecule has 0 aliphatic carbocycles. The Hall–Kier alpha value is 0.160. The number of thiol groups is 1. The molecular formula is C5H12N2OS2. The summed E-state index contributed by atoms with van der Waals surface area (Å²) in [6.45, 7) is 3.45. The molecule has 0 fully saturated rings. The third-order valence-electron chi connectivity index (χ3n) is 1.01. The smallest absolute Gasteiger partial charge is 0.145 e. The van der Waals surface area contributed by atoms with Gasteiger partial charge in [-0.3, -0.25) is 0 Å². The average Bonchev–Trinajstić information content (AvgIpc) is 1.86. The molecule has 10 heavy (non-hydrogen) atoms. The molecule has 0 bridgehead atoms. The van der Waals surface area contributed by atoms with Crippen molar-refractivity contribution in [1.29, 1.82) is 0 Å². The van der Waals surface area contributed by atoms with Gasteiger partial charge in [-0.05, 0) is 0 Å². The zero-order chi connectivity index (χ0) is 7.98. The molecule has 0 saturated heterocycles. The first kappa shape index (κ1) is 10.2. The third-order valence-corrected chi connectivity index (χ3v) is 1.20. The summed E-state index contributed by atoms with van der Waals surface area (Å²) in [5.41, 5.74) is 2.80. The van der Waals surface area contributed by atoms with Crippen molar-refractivity contribution in [3.63, 3.8) is 0 Å². The Bertz CT molecular complexity index is 110. The van der Waals surface area contributed by atoms with Gasteiger partial charge in [0.15, 0.2) is 0 Å². The van der Waals surface area contributed by atoms with Crippen LogP contribution in [0.5, 0.6) is 0 Å². The highest BCUT2D eigenvalue weighted by Crippen LogP contribution is 1.84. The summed E-state index contributed by atoms with van der Waals surface area (Å²) in [6, 6.07) is 0. The largest absolute Gasteiger partial charge is 0.395 e. The van der Waals surface area contributed by atoms with E-state index in [2.05, 4.69) is 30.3 Å². The van der Waals surface area contributed by atoms with Crippen LogP contribution in [0, 0.1) is 0 Å². The molecule has 0 aromatic carbocycles. The van der Waals surface area contributed by atoms with Crippen molar-refractivity contribution in [2.75, 3.05) is 19.7 Å². The standard InChI is InChI=1S/C5H12N2OS2/c1-2-7(3-4-8)6-5(9)10/h8H,2-4H2,1H3,(H2,6,9,10). The maximum atomic E-state index is 8.53. The van der Waals surface area contributed by atoms with Gasteiger partial charge in [0.1, 0.15) is 4.32 Å². The molecule has 0 aliphatic rings. The van der Waals surface area contributed by atoms with Gasteiger partial charge in [0.05, 0.1) is 6.61 Å². The molecule has 0 aliphatic heterocycles. The Labute approximate surface area is 71.8 Å². The van der Waals surface area contributed by atoms with Gasteiger partial charge in [0, 0.05) is 13.1 Å². The lowest BCUT2D eigenvalue weighted by molar-refractivity contribution is 0.181. The van der Waals surface area contributed by atoms with Gasteiger partial charge >= 0.3 is 0 Å². The van der Waals surface area contributed by atoms with Crippen LogP contribution in [0.15, 0.2) is 0 Å². The Morgan fingerprint density at radius 1 is 1.80 bits per heavy atom. The molecular weight excluding hydrogens is 168 g/mol. The maximum absolute atomic E-state index is 8.53. The second-order valence-corrected chi connectivity index (χ2v) is 2.88. The Morgan fingerprint density at radius 2 is 2.40 bits per heavy atom. The van der Waals surface area contributed by atoms with E-state index in [-0.39, 0.29) is 6.61 Å².